The first-order valence-corrected chi connectivity index (χ1v) is 11.9. The molecular weight excluding hydrogens is 341 g/mol. The van der Waals surface area contributed by atoms with Gasteiger partial charge in [-0.2, -0.15) is 0 Å². The summed E-state index contributed by atoms with van der Waals surface area (Å²) in [6, 6.07) is 7.11. The molecule has 0 aliphatic heterocycles. The molecule has 0 spiro atoms. The summed E-state index contributed by atoms with van der Waals surface area (Å²) in [6.45, 7) is 7.00. The van der Waals surface area contributed by atoms with Crippen LogP contribution in [0.1, 0.15) is 32.4 Å². The summed E-state index contributed by atoms with van der Waals surface area (Å²) < 4.78 is 6.49. The van der Waals surface area contributed by atoms with Gasteiger partial charge in [-0.1, -0.05) is 44.0 Å². The molecule has 0 heterocycles. The Morgan fingerprint density at radius 3 is 1.95 bits per heavy atom. The molecule has 0 bridgehead atoms. The average molecular weight is 366 g/mol. The van der Waals surface area contributed by atoms with Crippen LogP contribution in [0.4, 0.5) is 0 Å². The third-order valence-electron chi connectivity index (χ3n) is 4.15. The molecular formula is C15H25Cl2NOSSi. The number of thioether (sulfide) groups is 1. The summed E-state index contributed by atoms with van der Waals surface area (Å²) in [4.78, 5) is 1.05. The minimum absolute atomic E-state index is 0.215. The van der Waals surface area contributed by atoms with E-state index in [9.17, 15) is 0 Å². The van der Waals surface area contributed by atoms with Crippen molar-refractivity contribution >= 4 is 43.3 Å². The molecule has 2 N–H and O–H groups in total. The van der Waals surface area contributed by atoms with Crippen LogP contribution in [0.25, 0.3) is 0 Å². The zero-order chi connectivity index (χ0) is 16.0. The molecule has 1 aromatic rings. The first kappa shape index (κ1) is 19.3. The lowest BCUT2D eigenvalue weighted by molar-refractivity contribution is 0.198. The Morgan fingerprint density at radius 2 is 1.62 bits per heavy atom. The molecule has 120 valence electrons. The van der Waals surface area contributed by atoms with Crippen molar-refractivity contribution in [3.63, 3.8) is 0 Å². The lowest BCUT2D eigenvalue weighted by Gasteiger charge is -2.33. The fourth-order valence-electron chi connectivity index (χ4n) is 2.51. The molecule has 1 aromatic carbocycles. The molecule has 0 saturated heterocycles. The predicted octanol–water partition coefficient (Wildman–Crippen LogP) is 5.74. The molecule has 0 aliphatic rings. The van der Waals surface area contributed by atoms with Gasteiger partial charge in [-0.05, 0) is 36.5 Å². The monoisotopic (exact) mass is 365 g/mol. The zero-order valence-electron chi connectivity index (χ0n) is 13.2. The van der Waals surface area contributed by atoms with Crippen molar-refractivity contribution in [2.24, 2.45) is 5.73 Å². The predicted molar refractivity (Wildman–Crippen MR) is 98.3 cm³/mol. The van der Waals surface area contributed by atoms with Gasteiger partial charge in [0.15, 0.2) is 8.32 Å². The lowest BCUT2D eigenvalue weighted by Crippen LogP contribution is -2.39. The van der Waals surface area contributed by atoms with E-state index in [1.54, 1.807) is 11.8 Å². The number of nitrogens with two attached hydrogens (primary N) is 1. The number of hydrogen-bond donors (Lipinski definition) is 1. The van der Waals surface area contributed by atoms with Gasteiger partial charge in [0.25, 0.3) is 0 Å². The van der Waals surface area contributed by atoms with Crippen LogP contribution in [0, 0.1) is 0 Å². The van der Waals surface area contributed by atoms with Gasteiger partial charge in [0.2, 0.25) is 0 Å². The molecule has 0 aliphatic carbocycles. The van der Waals surface area contributed by atoms with Crippen LogP contribution in [0.2, 0.25) is 28.2 Å². The topological polar surface area (TPSA) is 35.2 Å². The maximum absolute atomic E-state index is 6.49. The molecule has 0 aromatic heterocycles. The Kier molecular flexibility index (Phi) is 8.10. The smallest absolute Gasteiger partial charge is 0.192 e. The second-order valence-electron chi connectivity index (χ2n) is 5.09. The van der Waals surface area contributed by atoms with Gasteiger partial charge < -0.3 is 10.2 Å². The summed E-state index contributed by atoms with van der Waals surface area (Å²) in [6.07, 6.45) is 1.79. The SMILES string of the molecule is CC[Si](CC)(CC)OC(CN)c1c(Cl)cc(SC)cc1Cl. The largest absolute Gasteiger partial charge is 0.409 e. The summed E-state index contributed by atoms with van der Waals surface area (Å²) in [5.74, 6) is 0. The molecule has 1 rings (SSSR count). The molecule has 2 nitrogen and oxygen atoms in total. The molecule has 21 heavy (non-hydrogen) atoms. The van der Waals surface area contributed by atoms with E-state index in [2.05, 4.69) is 20.8 Å². The molecule has 1 unspecified atom stereocenters. The Bertz CT molecular complexity index is 438. The van der Waals surface area contributed by atoms with Crippen molar-refractivity contribution in [1.82, 2.24) is 0 Å². The number of halogens is 2. The van der Waals surface area contributed by atoms with E-state index in [-0.39, 0.29) is 6.10 Å². The van der Waals surface area contributed by atoms with Crippen LogP contribution in [-0.4, -0.2) is 21.1 Å². The van der Waals surface area contributed by atoms with E-state index in [0.717, 1.165) is 28.6 Å². The van der Waals surface area contributed by atoms with Crippen molar-refractivity contribution in [2.45, 2.75) is 49.9 Å². The van der Waals surface area contributed by atoms with Crippen LogP contribution in [0.15, 0.2) is 17.0 Å². The number of hydrogen-bond acceptors (Lipinski definition) is 3. The van der Waals surface area contributed by atoms with Crippen LogP contribution >= 0.6 is 35.0 Å². The van der Waals surface area contributed by atoms with E-state index in [1.807, 2.05) is 18.4 Å². The van der Waals surface area contributed by atoms with Gasteiger partial charge in [0, 0.05) is 27.0 Å². The van der Waals surface area contributed by atoms with Gasteiger partial charge in [-0.25, -0.2) is 0 Å². The number of benzene rings is 1. The van der Waals surface area contributed by atoms with Gasteiger partial charge in [-0.15, -0.1) is 11.8 Å². The highest BCUT2D eigenvalue weighted by atomic mass is 35.5. The minimum Gasteiger partial charge on any atom is -0.409 e. The highest BCUT2D eigenvalue weighted by molar-refractivity contribution is 7.98. The van der Waals surface area contributed by atoms with Crippen LogP contribution in [0.3, 0.4) is 0 Å². The summed E-state index contributed by atoms with van der Waals surface area (Å²) in [5, 5.41) is 1.29. The molecule has 0 saturated carbocycles. The fraction of sp³-hybridized carbons (Fsp3) is 0.600. The van der Waals surface area contributed by atoms with Crippen LogP contribution in [0.5, 0.6) is 0 Å². The van der Waals surface area contributed by atoms with Crippen molar-refractivity contribution < 1.29 is 4.43 Å². The van der Waals surface area contributed by atoms with Crippen molar-refractivity contribution in [3.05, 3.63) is 27.7 Å². The van der Waals surface area contributed by atoms with E-state index in [4.69, 9.17) is 33.4 Å². The van der Waals surface area contributed by atoms with Gasteiger partial charge in [0.05, 0.1) is 6.10 Å². The molecule has 0 amide bonds. The standard InChI is InChI=1S/C15H25Cl2NOSSi/c1-5-21(6-2,7-3)19-14(10-18)15-12(16)8-11(20-4)9-13(15)17/h8-9,14H,5-7,10,18H2,1-4H3. The average Bonchev–Trinajstić information content (AvgIpc) is 2.50. The Morgan fingerprint density at radius 1 is 1.14 bits per heavy atom. The van der Waals surface area contributed by atoms with Gasteiger partial charge >= 0.3 is 0 Å². The number of rotatable bonds is 8. The van der Waals surface area contributed by atoms with Gasteiger partial charge in [-0.3, -0.25) is 0 Å². The second kappa shape index (κ2) is 8.80. The Labute approximate surface area is 143 Å². The van der Waals surface area contributed by atoms with Crippen molar-refractivity contribution in [2.75, 3.05) is 12.8 Å². The van der Waals surface area contributed by atoms with E-state index in [1.165, 1.54) is 0 Å². The summed E-state index contributed by atoms with van der Waals surface area (Å²) in [7, 11) is -1.75. The maximum Gasteiger partial charge on any atom is 0.192 e. The third kappa shape index (κ3) is 4.63. The third-order valence-corrected chi connectivity index (χ3v) is 10.1. The molecule has 1 atom stereocenters. The van der Waals surface area contributed by atoms with Gasteiger partial charge in [0.1, 0.15) is 0 Å². The fourth-order valence-corrected chi connectivity index (χ4v) is 6.66. The first-order chi connectivity index (χ1) is 9.96. The second-order valence-corrected chi connectivity index (χ2v) is 11.5. The summed E-state index contributed by atoms with van der Waals surface area (Å²) in [5.41, 5.74) is 6.80. The Balaban J connectivity index is 3.16. The summed E-state index contributed by atoms with van der Waals surface area (Å²) >= 11 is 14.5. The van der Waals surface area contributed by atoms with E-state index < -0.39 is 8.32 Å². The Hall–Kier alpha value is 0.287. The normalized spacial score (nSPS) is 13.5. The van der Waals surface area contributed by atoms with E-state index in [0.29, 0.717) is 16.6 Å². The van der Waals surface area contributed by atoms with E-state index >= 15 is 0 Å². The van der Waals surface area contributed by atoms with Crippen LogP contribution < -0.4 is 5.73 Å². The first-order valence-electron chi connectivity index (χ1n) is 7.37. The minimum atomic E-state index is -1.75. The lowest BCUT2D eigenvalue weighted by atomic mass is 10.1. The molecule has 0 fully saturated rings. The van der Waals surface area contributed by atoms with Crippen molar-refractivity contribution in [1.29, 1.82) is 0 Å². The maximum atomic E-state index is 6.49. The highest BCUT2D eigenvalue weighted by Crippen LogP contribution is 2.38. The molecule has 6 heteroatoms. The van der Waals surface area contributed by atoms with Crippen molar-refractivity contribution in [3.8, 4) is 0 Å². The molecule has 0 radical (unpaired) electrons. The highest BCUT2D eigenvalue weighted by Gasteiger charge is 2.33. The zero-order valence-corrected chi connectivity index (χ0v) is 16.5. The quantitative estimate of drug-likeness (QED) is 0.471. The van der Waals surface area contributed by atoms with Crippen LogP contribution in [-0.2, 0) is 4.43 Å².